The number of nitriles is 1. The van der Waals surface area contributed by atoms with Gasteiger partial charge in [-0.15, -0.1) is 0 Å². The lowest BCUT2D eigenvalue weighted by Crippen LogP contribution is -2.25. The van der Waals surface area contributed by atoms with Crippen molar-refractivity contribution in [1.82, 2.24) is 20.6 Å². The number of ketones is 1. The largest absolute Gasteiger partial charge is 0.496 e. The fraction of sp³-hybridized carbons (Fsp3) is 0.326. The monoisotopic (exact) mass is 895 g/mol. The highest BCUT2D eigenvalue weighted by atomic mass is 79.9. The zero-order valence-corrected chi connectivity index (χ0v) is 35.8. The van der Waals surface area contributed by atoms with Crippen molar-refractivity contribution in [1.29, 1.82) is 5.26 Å². The van der Waals surface area contributed by atoms with Crippen LogP contribution in [-0.2, 0) is 35.8 Å². The second kappa shape index (κ2) is 19.8. The molecule has 3 aromatic carbocycles. The third-order valence-electron chi connectivity index (χ3n) is 10.8. The number of aryl methyl sites for hydroxylation is 1. The Morgan fingerprint density at radius 2 is 1.69 bits per heavy atom. The molecule has 2 aliphatic rings. The van der Waals surface area contributed by atoms with Gasteiger partial charge in [0.15, 0.2) is 0 Å². The molecular weight excluding hydrogens is 853 g/mol. The summed E-state index contributed by atoms with van der Waals surface area (Å²) in [5.41, 5.74) is 7.11. The topological polar surface area (TPSA) is 135 Å². The number of nitrogens with one attached hydrogen (secondary N) is 2. The number of Topliss-reactive ketones (excluding diaryl/α,β-unsaturated/α-hetero) is 1. The van der Waals surface area contributed by atoms with E-state index in [0.717, 1.165) is 82.5 Å². The van der Waals surface area contributed by atoms with Gasteiger partial charge in [-0.25, -0.2) is 0 Å². The van der Waals surface area contributed by atoms with E-state index in [1.165, 1.54) is 6.20 Å². The molecule has 5 aromatic rings. The summed E-state index contributed by atoms with van der Waals surface area (Å²) in [6.45, 7) is 1.71. The second-order valence-electron chi connectivity index (χ2n) is 15.0. The Kier molecular flexibility index (Phi) is 14.2. The molecule has 10 nitrogen and oxygen atoms in total. The van der Waals surface area contributed by atoms with Crippen molar-refractivity contribution in [3.63, 3.8) is 0 Å². The molecule has 3 heterocycles. The Morgan fingerprint density at radius 3 is 2.46 bits per heavy atom. The summed E-state index contributed by atoms with van der Waals surface area (Å²) in [6, 6.07) is 23.7. The number of ether oxygens (including phenoxy) is 3. The van der Waals surface area contributed by atoms with Crippen LogP contribution in [0.15, 0.2) is 83.6 Å². The van der Waals surface area contributed by atoms with Crippen LogP contribution in [0.25, 0.3) is 22.3 Å². The highest BCUT2D eigenvalue weighted by molar-refractivity contribution is 9.10. The maximum atomic E-state index is 11.7. The molecule has 1 saturated carbocycles. The minimum absolute atomic E-state index is 0.0999. The van der Waals surface area contributed by atoms with E-state index in [4.69, 9.17) is 42.4 Å². The van der Waals surface area contributed by atoms with Crippen molar-refractivity contribution in [3.8, 4) is 45.8 Å². The number of rotatable bonds is 17. The molecule has 0 bridgehead atoms. The first kappa shape index (κ1) is 42.1. The number of carbonyl (C=O) groups excluding carboxylic acids is 2. The average Bonchev–Trinajstić information content (AvgIpc) is 3.87. The van der Waals surface area contributed by atoms with E-state index in [9.17, 15) is 14.9 Å². The third kappa shape index (κ3) is 10.6. The van der Waals surface area contributed by atoms with Crippen molar-refractivity contribution in [2.24, 2.45) is 5.92 Å². The van der Waals surface area contributed by atoms with Gasteiger partial charge in [0.25, 0.3) is 0 Å². The standard InChI is InChI=1S/C46H44BrCl2N5O5/c1-57-41-20-31(12-13-33(41)25-52-22-28-11-15-36(55)18-28)37-8-4-10-39(44(37)49)38-9-3-6-34(43(38)48)27-59-46-40(47)19-32(5-2-7-35-14-16-42(56)53-35)45(54-46)58-26-30-17-29(21-50)23-51-24-30/h3-4,6,8-10,12-13,17,19-20,23-24,28,35,52H,2,5,7,11,14-16,18,22,25-27H2,1H3,(H,53,56)/t28-,35-/m1/s1. The highest BCUT2D eigenvalue weighted by Gasteiger charge is 2.23. The van der Waals surface area contributed by atoms with Crippen molar-refractivity contribution in [2.75, 3.05) is 13.7 Å². The van der Waals surface area contributed by atoms with Crippen molar-refractivity contribution in [2.45, 2.75) is 77.2 Å². The second-order valence-corrected chi connectivity index (χ2v) is 16.6. The Labute approximate surface area is 362 Å². The number of pyridine rings is 2. The van der Waals surface area contributed by atoms with Gasteiger partial charge in [-0.05, 0) is 84.3 Å². The number of halogens is 3. The van der Waals surface area contributed by atoms with Crippen LogP contribution in [0.1, 0.15) is 72.8 Å². The molecule has 0 unspecified atom stereocenters. The normalized spacial score (nSPS) is 16.2. The SMILES string of the molecule is COc1cc(-c2cccc(-c3cccc(COc4nc(OCc5cncc(C#N)c5)c(CCC[C@@H]5CCC(=O)N5)cc4Br)c3Cl)c2Cl)ccc1CNC[C@@H]1CCC(=O)C1. The molecular formula is C46H44BrCl2N5O5. The van der Waals surface area contributed by atoms with E-state index in [2.05, 4.69) is 37.6 Å². The molecule has 2 atom stereocenters. The Balaban J connectivity index is 1.07. The molecule has 13 heteroatoms. The zero-order chi connectivity index (χ0) is 41.3. The zero-order valence-electron chi connectivity index (χ0n) is 32.7. The van der Waals surface area contributed by atoms with Gasteiger partial charge in [-0.2, -0.15) is 10.2 Å². The van der Waals surface area contributed by atoms with Gasteiger partial charge in [0.1, 0.15) is 30.8 Å². The number of aromatic nitrogens is 2. The maximum absolute atomic E-state index is 11.7. The lowest BCUT2D eigenvalue weighted by atomic mass is 9.96. The van der Waals surface area contributed by atoms with Crippen LogP contribution in [0.2, 0.25) is 10.0 Å². The molecule has 7 rings (SSSR count). The summed E-state index contributed by atoms with van der Waals surface area (Å²) in [5.74, 6) is 2.33. The smallest absolute Gasteiger partial charge is 0.231 e. The van der Waals surface area contributed by atoms with Crippen molar-refractivity contribution >= 4 is 50.8 Å². The van der Waals surface area contributed by atoms with E-state index < -0.39 is 0 Å². The molecule has 1 aliphatic heterocycles. The van der Waals surface area contributed by atoms with Crippen LogP contribution in [-0.4, -0.2) is 41.4 Å². The van der Waals surface area contributed by atoms with Crippen LogP contribution >= 0.6 is 39.1 Å². The number of carbonyl (C=O) groups is 2. The molecule has 59 heavy (non-hydrogen) atoms. The molecule has 1 amide bonds. The van der Waals surface area contributed by atoms with E-state index in [1.807, 2.05) is 60.7 Å². The third-order valence-corrected chi connectivity index (χ3v) is 12.2. The van der Waals surface area contributed by atoms with Crippen LogP contribution < -0.4 is 24.8 Å². The summed E-state index contributed by atoms with van der Waals surface area (Å²) < 4.78 is 19.0. The summed E-state index contributed by atoms with van der Waals surface area (Å²) in [6.07, 6.45) is 9.21. The molecule has 2 aromatic heterocycles. The molecule has 2 fully saturated rings. The molecule has 0 spiro atoms. The number of methoxy groups -OCH3 is 1. The van der Waals surface area contributed by atoms with Crippen LogP contribution in [0.5, 0.6) is 17.5 Å². The minimum atomic E-state index is 0.0999. The Bertz CT molecular complexity index is 2390. The predicted molar refractivity (Wildman–Crippen MR) is 232 cm³/mol. The molecule has 1 aliphatic carbocycles. The lowest BCUT2D eigenvalue weighted by Gasteiger charge is -2.17. The van der Waals surface area contributed by atoms with E-state index in [1.54, 1.807) is 19.4 Å². The molecule has 2 N–H and O–H groups in total. The number of nitrogens with zero attached hydrogens (tertiary/aromatic N) is 3. The van der Waals surface area contributed by atoms with Gasteiger partial charge in [0, 0.05) is 83.2 Å². The van der Waals surface area contributed by atoms with Crippen molar-refractivity contribution < 1.29 is 23.8 Å². The van der Waals surface area contributed by atoms with Gasteiger partial charge in [0.2, 0.25) is 17.7 Å². The quantitative estimate of drug-likeness (QED) is 0.0935. The summed E-state index contributed by atoms with van der Waals surface area (Å²) in [4.78, 5) is 32.4. The van der Waals surface area contributed by atoms with Gasteiger partial charge in [0.05, 0.1) is 27.2 Å². The molecule has 0 radical (unpaired) electrons. The van der Waals surface area contributed by atoms with Crippen LogP contribution in [0.4, 0.5) is 0 Å². The van der Waals surface area contributed by atoms with Crippen molar-refractivity contribution in [3.05, 3.63) is 121 Å². The number of benzene rings is 3. The summed E-state index contributed by atoms with van der Waals surface area (Å²) in [7, 11) is 1.66. The Hall–Kier alpha value is -4.99. The number of hydrogen-bond acceptors (Lipinski definition) is 9. The first-order valence-corrected chi connectivity index (χ1v) is 21.3. The predicted octanol–water partition coefficient (Wildman–Crippen LogP) is 9.98. The first-order valence-electron chi connectivity index (χ1n) is 19.7. The molecule has 304 valence electrons. The minimum Gasteiger partial charge on any atom is -0.496 e. The number of hydrogen-bond donors (Lipinski definition) is 2. The van der Waals surface area contributed by atoms with Gasteiger partial charge >= 0.3 is 0 Å². The first-order chi connectivity index (χ1) is 28.7. The Morgan fingerprint density at radius 1 is 0.898 bits per heavy atom. The van der Waals surface area contributed by atoms with E-state index in [0.29, 0.717) is 75.8 Å². The van der Waals surface area contributed by atoms with Crippen LogP contribution in [0.3, 0.4) is 0 Å². The molecule has 1 saturated heterocycles. The van der Waals surface area contributed by atoms with Gasteiger partial charge in [-0.1, -0.05) is 71.7 Å². The number of amides is 1. The van der Waals surface area contributed by atoms with E-state index in [-0.39, 0.29) is 25.2 Å². The fourth-order valence-electron chi connectivity index (χ4n) is 7.65. The summed E-state index contributed by atoms with van der Waals surface area (Å²) in [5, 5.41) is 16.9. The summed E-state index contributed by atoms with van der Waals surface area (Å²) >= 11 is 17.9. The maximum Gasteiger partial charge on any atom is 0.231 e. The lowest BCUT2D eigenvalue weighted by molar-refractivity contribution is -0.119. The van der Waals surface area contributed by atoms with Gasteiger partial charge in [-0.3, -0.25) is 14.6 Å². The fourth-order valence-corrected chi connectivity index (χ4v) is 8.75. The average molecular weight is 898 g/mol. The van der Waals surface area contributed by atoms with Gasteiger partial charge < -0.3 is 24.8 Å². The highest BCUT2D eigenvalue weighted by Crippen LogP contribution is 2.42. The van der Waals surface area contributed by atoms with Crippen LogP contribution in [0, 0.1) is 17.2 Å². The van der Waals surface area contributed by atoms with E-state index >= 15 is 0 Å².